The first-order valence-electron chi connectivity index (χ1n) is 23.5. The molecule has 60 heavy (non-hydrogen) atoms. The summed E-state index contributed by atoms with van der Waals surface area (Å²) in [6.45, 7) is 0.0376. The van der Waals surface area contributed by atoms with Crippen LogP contribution in [-0.2, 0) is 40.5 Å². The molecular formula is C45H67N9O4SZn. The van der Waals surface area contributed by atoms with Crippen LogP contribution in [0.4, 0.5) is 0 Å². The molecule has 17 unspecified atom stereocenters. The van der Waals surface area contributed by atoms with E-state index in [1.807, 2.05) is 48.5 Å². The van der Waals surface area contributed by atoms with Crippen LogP contribution in [0.15, 0.2) is 60.7 Å². The molecule has 2 aromatic carbocycles. The van der Waals surface area contributed by atoms with E-state index in [2.05, 4.69) is 42.5 Å². The van der Waals surface area contributed by atoms with Crippen LogP contribution in [0.2, 0.25) is 0 Å². The number of rotatable bonds is 7. The average molecular weight is 896 g/mol. The Morgan fingerprint density at radius 2 is 0.833 bits per heavy atom. The van der Waals surface area contributed by atoms with Gasteiger partial charge in [-0.3, -0.25) is 46.7 Å². The van der Waals surface area contributed by atoms with Crippen LogP contribution in [0.25, 0.3) is 0 Å². The third kappa shape index (κ3) is 8.31. The van der Waals surface area contributed by atoms with Crippen molar-refractivity contribution in [3.05, 3.63) is 66.2 Å². The zero-order valence-corrected chi connectivity index (χ0v) is 38.9. The SMILES string of the molecule is O=S(=O)(OC1CCCC2C3NC4NC(NC5NC(NC6NC(NC(N3)C12)C1CCCCC61)C1CCCCC51)C1CCCCC41)N(Cc1ccccc1)Oc1ccccc1.[Zn]. The van der Waals surface area contributed by atoms with Gasteiger partial charge in [0.1, 0.15) is 5.75 Å². The van der Waals surface area contributed by atoms with Gasteiger partial charge in [-0.05, 0) is 115 Å². The number of hydroxylamine groups is 1. The summed E-state index contributed by atoms with van der Waals surface area (Å²) in [6, 6.07) is 18.8. The van der Waals surface area contributed by atoms with Crippen molar-refractivity contribution in [1.82, 2.24) is 47.0 Å². The van der Waals surface area contributed by atoms with Crippen LogP contribution in [0.1, 0.15) is 102 Å². The Morgan fingerprint density at radius 3 is 1.27 bits per heavy atom. The molecule has 2 aromatic rings. The van der Waals surface area contributed by atoms with E-state index in [9.17, 15) is 8.42 Å². The fraction of sp³-hybridized carbons (Fsp3) is 0.733. The number of para-hydroxylation sites is 1. The van der Waals surface area contributed by atoms with E-state index in [-0.39, 0.29) is 81.0 Å². The first-order valence-corrected chi connectivity index (χ1v) is 24.9. The number of hydrogen-bond donors (Lipinski definition) is 8. The Bertz CT molecular complexity index is 1810. The molecule has 13 nitrogen and oxygen atoms in total. The zero-order valence-electron chi connectivity index (χ0n) is 35.1. The van der Waals surface area contributed by atoms with Crippen molar-refractivity contribution in [2.75, 3.05) is 0 Å². The average Bonchev–Trinajstić information content (AvgIpc) is 4.00. The summed E-state index contributed by atoms with van der Waals surface area (Å²) >= 11 is 0. The molecule has 9 fully saturated rings. The summed E-state index contributed by atoms with van der Waals surface area (Å²) in [7, 11) is -4.34. The van der Waals surface area contributed by atoms with Gasteiger partial charge in [0.25, 0.3) is 0 Å². The molecule has 5 saturated heterocycles. The van der Waals surface area contributed by atoms with E-state index in [4.69, 9.17) is 9.02 Å². The quantitative estimate of drug-likeness (QED) is 0.148. The summed E-state index contributed by atoms with van der Waals surface area (Å²) in [6.07, 6.45) is 18.4. The molecule has 8 N–H and O–H groups in total. The second kappa shape index (κ2) is 18.1. The molecule has 15 heteroatoms. The third-order valence-corrected chi connectivity index (χ3v) is 17.6. The van der Waals surface area contributed by atoms with E-state index in [0.29, 0.717) is 53.8 Å². The second-order valence-corrected chi connectivity index (χ2v) is 21.1. The summed E-state index contributed by atoms with van der Waals surface area (Å²) in [5, 5.41) is 33.4. The normalized spacial score (nSPS) is 43.6. The van der Waals surface area contributed by atoms with E-state index in [1.165, 1.54) is 77.0 Å². The minimum Gasteiger partial charge on any atom is -0.389 e. The Labute approximate surface area is 370 Å². The van der Waals surface area contributed by atoms with Crippen LogP contribution in [0.5, 0.6) is 5.75 Å². The monoisotopic (exact) mass is 893 g/mol. The maximum absolute atomic E-state index is 14.6. The van der Waals surface area contributed by atoms with Crippen molar-refractivity contribution in [2.45, 2.75) is 158 Å². The minimum absolute atomic E-state index is 0. The molecule has 0 radical (unpaired) electrons. The molecule has 9 aliphatic rings. The topological polar surface area (TPSA) is 152 Å². The zero-order chi connectivity index (χ0) is 39.5. The number of hydrogen-bond acceptors (Lipinski definition) is 12. The largest absolute Gasteiger partial charge is 0.389 e. The first kappa shape index (κ1) is 42.4. The number of nitrogens with one attached hydrogen (secondary N) is 8. The van der Waals surface area contributed by atoms with Gasteiger partial charge in [-0.25, -0.2) is 0 Å². The molecule has 11 rings (SSSR count). The Morgan fingerprint density at radius 1 is 0.467 bits per heavy atom. The fourth-order valence-electron chi connectivity index (χ4n) is 13.8. The van der Waals surface area contributed by atoms with Crippen LogP contribution in [0, 0.1) is 47.3 Å². The number of benzene rings is 2. The molecule has 0 aromatic heterocycles. The summed E-state index contributed by atoms with van der Waals surface area (Å²) in [4.78, 5) is 6.14. The van der Waals surface area contributed by atoms with Crippen LogP contribution in [0.3, 0.4) is 0 Å². The molecule has 0 amide bonds. The van der Waals surface area contributed by atoms with E-state index in [0.717, 1.165) is 22.9 Å². The predicted molar refractivity (Wildman–Crippen MR) is 225 cm³/mol. The summed E-state index contributed by atoms with van der Waals surface area (Å²) < 4.78 is 36.7. The van der Waals surface area contributed by atoms with Crippen molar-refractivity contribution in [3.8, 4) is 5.75 Å². The molecule has 5 heterocycles. The fourth-order valence-corrected chi connectivity index (χ4v) is 14.9. The molecule has 4 saturated carbocycles. The van der Waals surface area contributed by atoms with Crippen LogP contribution < -0.4 is 47.4 Å². The molecular weight excluding hydrogens is 828 g/mol. The van der Waals surface area contributed by atoms with Gasteiger partial charge < -0.3 is 4.84 Å². The number of fused-ring (bicyclic) bond motifs is 20. The van der Waals surface area contributed by atoms with Crippen LogP contribution in [-0.4, -0.2) is 68.3 Å². The van der Waals surface area contributed by atoms with Crippen molar-refractivity contribution in [1.29, 1.82) is 0 Å². The van der Waals surface area contributed by atoms with Gasteiger partial charge in [0.05, 0.1) is 62.0 Å². The predicted octanol–water partition coefficient (Wildman–Crippen LogP) is 4.34. The van der Waals surface area contributed by atoms with Gasteiger partial charge in [-0.15, -0.1) is 0 Å². The molecule has 8 bridgehead atoms. The molecule has 5 aliphatic heterocycles. The van der Waals surface area contributed by atoms with E-state index in [1.54, 1.807) is 12.1 Å². The van der Waals surface area contributed by atoms with Gasteiger partial charge in [-0.2, -0.15) is 8.42 Å². The van der Waals surface area contributed by atoms with Crippen molar-refractivity contribution >= 4 is 10.3 Å². The summed E-state index contributed by atoms with van der Waals surface area (Å²) in [5.41, 5.74) is 0.824. The van der Waals surface area contributed by atoms with Gasteiger partial charge in [0, 0.05) is 25.4 Å². The minimum atomic E-state index is -4.34. The Balaban J connectivity index is 0.00000433. The molecule has 0 spiro atoms. The Hall–Kier alpha value is -1.59. The van der Waals surface area contributed by atoms with Gasteiger partial charge in [0.15, 0.2) is 0 Å². The van der Waals surface area contributed by atoms with Crippen molar-refractivity contribution in [3.63, 3.8) is 0 Å². The van der Waals surface area contributed by atoms with E-state index >= 15 is 0 Å². The summed E-state index contributed by atoms with van der Waals surface area (Å²) in [5.74, 6) is 3.98. The van der Waals surface area contributed by atoms with Crippen LogP contribution >= 0.6 is 0 Å². The first-order chi connectivity index (χ1) is 28.9. The van der Waals surface area contributed by atoms with Crippen molar-refractivity contribution in [2.24, 2.45) is 47.3 Å². The van der Waals surface area contributed by atoms with Gasteiger partial charge in [0.2, 0.25) is 0 Å². The second-order valence-electron chi connectivity index (χ2n) is 19.6. The van der Waals surface area contributed by atoms with Crippen molar-refractivity contribution < 1.29 is 36.9 Å². The third-order valence-electron chi connectivity index (χ3n) is 16.4. The molecule has 324 valence electrons. The standard InChI is InChI=1S/C45H67N9O4S.Zn/c55-59(56,54(26-27-14-3-1-4-15-27)57-28-16-5-2-6-17-28)58-36-25-13-24-35-37(36)45-52-43-34-23-12-11-22-33(34)41(50-43)48-39-30-19-8-7-18-29(30)38(46-39)47-40-31-20-9-10-21-32(31)42(49-40)51-44(35)53-45;/h1-6,14-17,29-53H,7-13,18-26H2;. The van der Waals surface area contributed by atoms with Gasteiger partial charge >= 0.3 is 10.3 Å². The smallest absolute Gasteiger partial charge is 0.370 e. The van der Waals surface area contributed by atoms with E-state index < -0.39 is 16.4 Å². The molecule has 4 aliphatic carbocycles. The molecule has 17 atom stereocenters. The van der Waals surface area contributed by atoms with Gasteiger partial charge in [-0.1, -0.05) is 93.5 Å². The number of nitrogens with zero attached hydrogens (tertiary/aromatic N) is 1. The Kier molecular flexibility index (Phi) is 12.8. The maximum atomic E-state index is 14.6. The maximum Gasteiger partial charge on any atom is 0.370 e.